The topological polar surface area (TPSA) is 102 Å². The SMILES string of the molecule is Cc1ccc(NC(=O)Nc2cc(F)cc(O[C@H](C)CNC(=O)OC(C)(C)C)c2)cn1. The Labute approximate surface area is 175 Å². The minimum atomic E-state index is -0.605. The fraction of sp³-hybridized carbons (Fsp3) is 0.381. The second-order valence-corrected chi connectivity index (χ2v) is 7.75. The predicted molar refractivity (Wildman–Crippen MR) is 112 cm³/mol. The zero-order valence-electron chi connectivity index (χ0n) is 17.7. The van der Waals surface area contributed by atoms with Gasteiger partial charge in [0, 0.05) is 23.5 Å². The summed E-state index contributed by atoms with van der Waals surface area (Å²) in [5.74, 6) is -0.368. The van der Waals surface area contributed by atoms with Gasteiger partial charge in [-0.3, -0.25) is 4.98 Å². The Kier molecular flexibility index (Phi) is 7.57. The zero-order chi connectivity index (χ0) is 22.3. The third-order valence-electron chi connectivity index (χ3n) is 3.57. The number of nitrogens with one attached hydrogen (secondary N) is 3. The summed E-state index contributed by atoms with van der Waals surface area (Å²) >= 11 is 0. The van der Waals surface area contributed by atoms with Gasteiger partial charge in [0.05, 0.1) is 18.4 Å². The molecule has 9 heteroatoms. The van der Waals surface area contributed by atoms with E-state index in [0.29, 0.717) is 5.69 Å². The first-order valence-electron chi connectivity index (χ1n) is 9.45. The van der Waals surface area contributed by atoms with Crippen LogP contribution in [-0.2, 0) is 4.74 Å². The fourth-order valence-electron chi connectivity index (χ4n) is 2.35. The van der Waals surface area contributed by atoms with Crippen LogP contribution in [0.15, 0.2) is 36.5 Å². The number of pyridine rings is 1. The van der Waals surface area contributed by atoms with Crippen LogP contribution in [0.2, 0.25) is 0 Å². The number of halogens is 1. The van der Waals surface area contributed by atoms with E-state index in [9.17, 15) is 14.0 Å². The van der Waals surface area contributed by atoms with Crippen molar-refractivity contribution in [2.45, 2.75) is 46.3 Å². The summed E-state index contributed by atoms with van der Waals surface area (Å²) < 4.78 is 24.7. The molecule has 3 amide bonds. The normalized spacial score (nSPS) is 11.9. The molecule has 1 heterocycles. The molecule has 8 nitrogen and oxygen atoms in total. The van der Waals surface area contributed by atoms with Crippen LogP contribution in [0, 0.1) is 12.7 Å². The van der Waals surface area contributed by atoms with Gasteiger partial charge in [0.15, 0.2) is 0 Å². The number of ether oxygens (including phenoxy) is 2. The third-order valence-corrected chi connectivity index (χ3v) is 3.57. The number of alkyl carbamates (subject to hydrolysis) is 1. The Morgan fingerprint density at radius 2 is 1.83 bits per heavy atom. The van der Waals surface area contributed by atoms with E-state index in [1.165, 1.54) is 24.4 Å². The first-order chi connectivity index (χ1) is 14.0. The van der Waals surface area contributed by atoms with Crippen molar-refractivity contribution in [1.29, 1.82) is 0 Å². The molecule has 1 atom stereocenters. The summed E-state index contributed by atoms with van der Waals surface area (Å²) in [6.45, 7) is 9.00. The molecule has 0 saturated heterocycles. The summed E-state index contributed by atoms with van der Waals surface area (Å²) in [7, 11) is 0. The van der Waals surface area contributed by atoms with Crippen molar-refractivity contribution in [3.63, 3.8) is 0 Å². The summed E-state index contributed by atoms with van der Waals surface area (Å²) in [5, 5.41) is 7.75. The molecule has 0 fully saturated rings. The van der Waals surface area contributed by atoms with Crippen molar-refractivity contribution >= 4 is 23.5 Å². The fourth-order valence-corrected chi connectivity index (χ4v) is 2.35. The zero-order valence-corrected chi connectivity index (χ0v) is 17.7. The standard InChI is InChI=1S/C21H27FN4O4/c1-13-6-7-16(12-23-13)25-19(27)26-17-8-15(22)9-18(10-17)29-14(2)11-24-20(28)30-21(3,4)5/h6-10,12,14H,11H2,1-5H3,(H,24,28)(H2,25,26,27)/t14-/m1/s1. The highest BCUT2D eigenvalue weighted by Crippen LogP contribution is 2.21. The molecule has 0 bridgehead atoms. The van der Waals surface area contributed by atoms with Crippen molar-refractivity contribution < 1.29 is 23.5 Å². The van der Waals surface area contributed by atoms with Gasteiger partial charge in [-0.25, -0.2) is 14.0 Å². The van der Waals surface area contributed by atoms with Crippen molar-refractivity contribution in [2.75, 3.05) is 17.2 Å². The number of benzene rings is 1. The molecule has 2 rings (SSSR count). The second-order valence-electron chi connectivity index (χ2n) is 7.75. The summed E-state index contributed by atoms with van der Waals surface area (Å²) in [5.41, 5.74) is 0.942. The molecule has 0 aliphatic heterocycles. The molecular formula is C21H27FN4O4. The lowest BCUT2D eigenvalue weighted by molar-refractivity contribution is 0.0505. The van der Waals surface area contributed by atoms with Crippen LogP contribution in [0.5, 0.6) is 5.75 Å². The summed E-state index contributed by atoms with van der Waals surface area (Å²) in [6, 6.07) is 6.77. The van der Waals surface area contributed by atoms with E-state index in [1.807, 2.05) is 6.92 Å². The maximum atomic E-state index is 13.9. The lowest BCUT2D eigenvalue weighted by Crippen LogP contribution is -2.37. The smallest absolute Gasteiger partial charge is 0.407 e. The average molecular weight is 418 g/mol. The van der Waals surface area contributed by atoms with Crippen LogP contribution in [-0.4, -0.2) is 35.4 Å². The highest BCUT2D eigenvalue weighted by atomic mass is 19.1. The lowest BCUT2D eigenvalue weighted by atomic mass is 10.2. The molecule has 0 unspecified atom stereocenters. The average Bonchev–Trinajstić information content (AvgIpc) is 2.60. The minimum Gasteiger partial charge on any atom is -0.489 e. The number of nitrogens with zero attached hydrogens (tertiary/aromatic N) is 1. The van der Waals surface area contributed by atoms with Gasteiger partial charge in [0.1, 0.15) is 23.3 Å². The van der Waals surface area contributed by atoms with Gasteiger partial charge in [-0.15, -0.1) is 0 Å². The van der Waals surface area contributed by atoms with Crippen molar-refractivity contribution in [3.05, 3.63) is 48.0 Å². The van der Waals surface area contributed by atoms with E-state index in [2.05, 4.69) is 20.9 Å². The molecule has 0 aliphatic carbocycles. The molecule has 1 aromatic heterocycles. The van der Waals surface area contributed by atoms with Crippen LogP contribution in [0.3, 0.4) is 0 Å². The number of rotatable bonds is 6. The molecule has 30 heavy (non-hydrogen) atoms. The van der Waals surface area contributed by atoms with E-state index < -0.39 is 29.6 Å². The lowest BCUT2D eigenvalue weighted by Gasteiger charge is -2.21. The van der Waals surface area contributed by atoms with Crippen LogP contribution < -0.4 is 20.7 Å². The molecule has 1 aromatic carbocycles. The summed E-state index contributed by atoms with van der Waals surface area (Å²) in [6.07, 6.45) is 0.496. The molecular weight excluding hydrogens is 391 g/mol. The van der Waals surface area contributed by atoms with Crippen LogP contribution in [0.25, 0.3) is 0 Å². The van der Waals surface area contributed by atoms with Gasteiger partial charge in [0.25, 0.3) is 0 Å². The van der Waals surface area contributed by atoms with Gasteiger partial charge in [-0.1, -0.05) is 0 Å². The number of aryl methyl sites for hydroxylation is 1. The number of anilines is 2. The van der Waals surface area contributed by atoms with E-state index in [-0.39, 0.29) is 18.0 Å². The Morgan fingerprint density at radius 1 is 1.13 bits per heavy atom. The van der Waals surface area contributed by atoms with Crippen molar-refractivity contribution in [1.82, 2.24) is 10.3 Å². The van der Waals surface area contributed by atoms with Gasteiger partial charge in [-0.2, -0.15) is 0 Å². The number of aromatic nitrogens is 1. The first kappa shape index (κ1) is 22.9. The predicted octanol–water partition coefficient (Wildman–Crippen LogP) is 4.47. The number of hydrogen-bond donors (Lipinski definition) is 3. The number of carbonyl (C=O) groups excluding carboxylic acids is 2. The molecule has 0 saturated carbocycles. The number of carbonyl (C=O) groups is 2. The Balaban J connectivity index is 1.91. The van der Waals surface area contributed by atoms with E-state index >= 15 is 0 Å². The Hall–Kier alpha value is -3.36. The quantitative estimate of drug-likeness (QED) is 0.643. The van der Waals surface area contributed by atoms with Crippen molar-refractivity contribution in [3.8, 4) is 5.75 Å². The molecule has 0 spiro atoms. The molecule has 0 radical (unpaired) electrons. The van der Waals surface area contributed by atoms with Gasteiger partial charge in [-0.05, 0) is 52.8 Å². The van der Waals surface area contributed by atoms with Crippen LogP contribution >= 0.6 is 0 Å². The maximum absolute atomic E-state index is 13.9. The number of amides is 3. The maximum Gasteiger partial charge on any atom is 0.407 e. The van der Waals surface area contributed by atoms with E-state index in [4.69, 9.17) is 9.47 Å². The highest BCUT2D eigenvalue weighted by molar-refractivity contribution is 5.99. The van der Waals surface area contributed by atoms with Gasteiger partial charge < -0.3 is 25.4 Å². The summed E-state index contributed by atoms with van der Waals surface area (Å²) in [4.78, 5) is 27.9. The third kappa shape index (κ3) is 8.34. The molecule has 3 N–H and O–H groups in total. The van der Waals surface area contributed by atoms with Crippen molar-refractivity contribution in [2.24, 2.45) is 0 Å². The largest absolute Gasteiger partial charge is 0.489 e. The molecule has 0 aliphatic rings. The number of urea groups is 1. The first-order valence-corrected chi connectivity index (χ1v) is 9.45. The molecule has 162 valence electrons. The van der Waals surface area contributed by atoms with E-state index in [0.717, 1.165) is 5.69 Å². The van der Waals surface area contributed by atoms with Gasteiger partial charge in [0.2, 0.25) is 0 Å². The Bertz CT molecular complexity index is 882. The number of hydrogen-bond acceptors (Lipinski definition) is 5. The van der Waals surface area contributed by atoms with E-state index in [1.54, 1.807) is 39.8 Å². The van der Waals surface area contributed by atoms with Crippen LogP contribution in [0.1, 0.15) is 33.4 Å². The monoisotopic (exact) mass is 418 g/mol. The Morgan fingerprint density at radius 3 is 2.47 bits per heavy atom. The van der Waals surface area contributed by atoms with Gasteiger partial charge >= 0.3 is 12.1 Å². The van der Waals surface area contributed by atoms with Crippen LogP contribution in [0.4, 0.5) is 25.4 Å². The second kappa shape index (κ2) is 9.91. The minimum absolute atomic E-state index is 0.162. The molecule has 2 aromatic rings. The highest BCUT2D eigenvalue weighted by Gasteiger charge is 2.17.